The van der Waals surface area contributed by atoms with Crippen molar-refractivity contribution in [2.24, 2.45) is 0 Å². The van der Waals surface area contributed by atoms with E-state index in [9.17, 15) is 40.8 Å². The number of likely N-dealkylation sites (N-methyl/N-ethyl adjacent to an activating group) is 1. The van der Waals surface area contributed by atoms with Gasteiger partial charge in [-0.1, -0.05) is 20.8 Å². The summed E-state index contributed by atoms with van der Waals surface area (Å²) in [4.78, 5) is 71.8. The molecule has 3 atom stereocenters. The number of ether oxygens (including phenoxy) is 2. The van der Waals surface area contributed by atoms with Gasteiger partial charge in [-0.15, -0.1) is 11.3 Å². The molecule has 0 aliphatic carbocycles. The first-order valence-corrected chi connectivity index (χ1v) is 25.6. The number of hydrogen-bond donors (Lipinski definition) is 5. The minimum Gasteiger partial charge on any atom is -0.426 e. The standard InChI is InChI=1S/C45H62N6O11S3/c1-12-46-35-21-25(4)64(57,58)43-32(35)24-38(63-43)65(59,60)50-44(8,9)40(54)28(7)62-45(10,11)36(52)17-18-37(53)61-29-15-16-33-30(22-29)31(41(55)49-33)23-34-26(5)39(27(6)48-34)42(56)47-19-20-51(13-2)14-3/h15-16,22-25,28,35,46,48,50H,12-14,17-21H2,1-11H3,(H,47,56)(H,49,55)/b31-23-/t25-,28?,35-/m0/s1. The second-order valence-electron chi connectivity index (χ2n) is 17.4. The van der Waals surface area contributed by atoms with Gasteiger partial charge in [0.1, 0.15) is 25.9 Å². The lowest BCUT2D eigenvalue weighted by atomic mass is 9.95. The molecule has 2 aromatic heterocycles. The third kappa shape index (κ3) is 11.3. The molecule has 2 aliphatic rings. The lowest BCUT2D eigenvalue weighted by Crippen LogP contribution is -2.54. The van der Waals surface area contributed by atoms with Crippen molar-refractivity contribution in [3.8, 4) is 5.75 Å². The molecule has 0 spiro atoms. The summed E-state index contributed by atoms with van der Waals surface area (Å²) in [5, 5.41) is 8.29. The average Bonchev–Trinajstić information content (AvgIpc) is 3.90. The minimum atomic E-state index is -4.39. The molecule has 2 amide bonds. The maximum atomic E-state index is 13.7. The van der Waals surface area contributed by atoms with E-state index in [2.05, 4.69) is 44.4 Å². The number of carbonyl (C=O) groups is 5. The van der Waals surface area contributed by atoms with Crippen molar-refractivity contribution < 1.29 is 50.3 Å². The zero-order chi connectivity index (χ0) is 48.4. The van der Waals surface area contributed by atoms with Crippen LogP contribution in [0.4, 0.5) is 5.69 Å². The van der Waals surface area contributed by atoms with Gasteiger partial charge in [-0.3, -0.25) is 24.0 Å². The summed E-state index contributed by atoms with van der Waals surface area (Å²) in [5.74, 6) is -2.42. The summed E-state index contributed by atoms with van der Waals surface area (Å²) in [6.07, 6.45) is -0.00699. The van der Waals surface area contributed by atoms with Crippen LogP contribution in [0.2, 0.25) is 0 Å². The highest BCUT2D eigenvalue weighted by atomic mass is 32.3. The van der Waals surface area contributed by atoms with Gasteiger partial charge in [0.2, 0.25) is 0 Å². The monoisotopic (exact) mass is 958 g/mol. The van der Waals surface area contributed by atoms with Crippen LogP contribution in [0.5, 0.6) is 5.75 Å². The van der Waals surface area contributed by atoms with Crippen molar-refractivity contribution in [2.45, 2.75) is 132 Å². The summed E-state index contributed by atoms with van der Waals surface area (Å²) >= 11 is 0.641. The number of thiophene rings is 1. The fourth-order valence-corrected chi connectivity index (χ4v) is 13.5. The predicted octanol–water partition coefficient (Wildman–Crippen LogP) is 5.24. The van der Waals surface area contributed by atoms with Crippen molar-refractivity contribution in [3.63, 3.8) is 0 Å². The van der Waals surface area contributed by atoms with Crippen LogP contribution in [0.1, 0.15) is 126 Å². The van der Waals surface area contributed by atoms with Crippen LogP contribution in [0.3, 0.4) is 0 Å². The third-order valence-corrected chi connectivity index (χ3v) is 17.9. The number of hydrogen-bond acceptors (Lipinski definition) is 14. The fraction of sp³-hybridized carbons (Fsp3) is 0.533. The lowest BCUT2D eigenvalue weighted by molar-refractivity contribution is -0.157. The van der Waals surface area contributed by atoms with E-state index in [1.165, 1.54) is 52.8 Å². The Kier molecular flexibility index (Phi) is 15.9. The van der Waals surface area contributed by atoms with E-state index in [0.29, 0.717) is 63.8 Å². The van der Waals surface area contributed by atoms with E-state index in [4.69, 9.17) is 9.47 Å². The highest BCUT2D eigenvalue weighted by Gasteiger charge is 2.43. The molecular formula is C45H62N6O11S3. The number of aromatic amines is 1. The second kappa shape index (κ2) is 20.1. The average molecular weight is 959 g/mol. The maximum absolute atomic E-state index is 13.7. The number of sulfone groups is 1. The van der Waals surface area contributed by atoms with Crippen LogP contribution < -0.4 is 25.4 Å². The Morgan fingerprint density at radius 1 is 1.05 bits per heavy atom. The number of fused-ring (bicyclic) bond motifs is 2. The quantitative estimate of drug-likeness (QED) is 0.0523. The summed E-state index contributed by atoms with van der Waals surface area (Å²) in [6, 6.07) is 5.63. The van der Waals surface area contributed by atoms with E-state index >= 15 is 0 Å². The fourth-order valence-electron chi connectivity index (χ4n) is 8.11. The number of aryl methyl sites for hydroxylation is 1. The summed E-state index contributed by atoms with van der Waals surface area (Å²) in [7, 11) is -8.15. The molecular weight excluding hydrogens is 897 g/mol. The SMILES string of the molecule is CCN[C@H]1C[C@H](C)S(=O)(=O)c2sc(S(=O)(=O)NC(C)(C)C(=O)C(C)OC(C)(C)C(=O)CCC(=O)Oc3ccc4c(c3)/C(=C/c3[nH]c(C)c(C(=O)NCCN(CC)CC)c3C)C(=O)N4)cc21. The number of rotatable bonds is 21. The molecule has 1 unspecified atom stereocenters. The Morgan fingerprint density at radius 2 is 1.72 bits per heavy atom. The Hall–Kier alpha value is -4.57. The van der Waals surface area contributed by atoms with Crippen molar-refractivity contribution in [1.29, 1.82) is 0 Å². The van der Waals surface area contributed by atoms with E-state index < -0.39 is 59.9 Å². The highest BCUT2D eigenvalue weighted by Crippen LogP contribution is 2.43. The number of H-pyrrole nitrogens is 1. The molecule has 0 bridgehead atoms. The highest BCUT2D eigenvalue weighted by molar-refractivity contribution is 7.95. The lowest BCUT2D eigenvalue weighted by Gasteiger charge is -2.32. The second-order valence-corrected chi connectivity index (χ2v) is 23.0. The van der Waals surface area contributed by atoms with Crippen molar-refractivity contribution in [1.82, 2.24) is 25.2 Å². The van der Waals surface area contributed by atoms with Crippen LogP contribution in [0, 0.1) is 13.8 Å². The van der Waals surface area contributed by atoms with E-state index in [1.54, 1.807) is 32.9 Å². The molecule has 65 heavy (non-hydrogen) atoms. The summed E-state index contributed by atoms with van der Waals surface area (Å²) in [6.45, 7) is 21.7. The van der Waals surface area contributed by atoms with Gasteiger partial charge in [-0.05, 0) is 117 Å². The number of nitrogens with zero attached hydrogens (tertiary/aromatic N) is 1. The molecule has 5 N–H and O–H groups in total. The number of Topliss-reactive ketones (excluding diaryl/α,β-unsaturated/α-hetero) is 2. The van der Waals surface area contributed by atoms with Gasteiger partial charge in [-0.25, -0.2) is 16.8 Å². The molecule has 17 nitrogen and oxygen atoms in total. The first-order valence-electron chi connectivity index (χ1n) is 21.8. The number of anilines is 1. The number of carbonyl (C=O) groups excluding carboxylic acids is 5. The van der Waals surface area contributed by atoms with Crippen LogP contribution in [0.15, 0.2) is 32.7 Å². The van der Waals surface area contributed by atoms with E-state index in [0.717, 1.165) is 19.6 Å². The van der Waals surface area contributed by atoms with Crippen LogP contribution in [-0.2, 0) is 43.8 Å². The number of ketones is 2. The van der Waals surface area contributed by atoms with Gasteiger partial charge in [0, 0.05) is 53.8 Å². The zero-order valence-corrected chi connectivity index (χ0v) is 41.4. The molecule has 3 aromatic rings. The first-order chi connectivity index (χ1) is 30.3. The Labute approximate surface area is 385 Å². The van der Waals surface area contributed by atoms with Crippen LogP contribution >= 0.6 is 11.3 Å². The van der Waals surface area contributed by atoms with Gasteiger partial charge in [-0.2, -0.15) is 4.72 Å². The number of sulfonamides is 1. The Balaban J connectivity index is 1.19. The zero-order valence-electron chi connectivity index (χ0n) is 38.9. The summed E-state index contributed by atoms with van der Waals surface area (Å²) < 4.78 is 67.2. The number of nitrogens with one attached hydrogen (secondary N) is 5. The van der Waals surface area contributed by atoms with Crippen molar-refractivity contribution in [2.75, 3.05) is 38.0 Å². The topological polar surface area (TPSA) is 239 Å². The molecule has 0 fully saturated rings. The van der Waals surface area contributed by atoms with Gasteiger partial charge in [0.25, 0.3) is 21.8 Å². The molecule has 20 heteroatoms. The molecule has 4 heterocycles. The number of amides is 2. The van der Waals surface area contributed by atoms with E-state index in [1.807, 2.05) is 6.92 Å². The third-order valence-electron chi connectivity index (χ3n) is 11.8. The van der Waals surface area contributed by atoms with Gasteiger partial charge in [0.15, 0.2) is 21.4 Å². The Bertz CT molecular complexity index is 2610. The van der Waals surface area contributed by atoms with Crippen LogP contribution in [-0.4, -0.2) is 111 Å². The molecule has 0 saturated heterocycles. The molecule has 356 valence electrons. The largest absolute Gasteiger partial charge is 0.426 e. The Morgan fingerprint density at radius 3 is 2.37 bits per heavy atom. The summed E-state index contributed by atoms with van der Waals surface area (Å²) in [5.41, 5.74) is 0.705. The van der Waals surface area contributed by atoms with E-state index in [-0.39, 0.29) is 56.9 Å². The van der Waals surface area contributed by atoms with Crippen molar-refractivity contribution in [3.05, 3.63) is 57.9 Å². The molecule has 0 saturated carbocycles. The number of aromatic nitrogens is 1. The smallest absolute Gasteiger partial charge is 0.311 e. The van der Waals surface area contributed by atoms with Gasteiger partial charge in [0.05, 0.1) is 28.3 Å². The maximum Gasteiger partial charge on any atom is 0.311 e. The molecule has 5 rings (SSSR count). The molecule has 0 radical (unpaired) electrons. The number of benzene rings is 1. The van der Waals surface area contributed by atoms with Gasteiger partial charge < -0.3 is 35.3 Å². The molecule has 2 aliphatic heterocycles. The minimum absolute atomic E-state index is 0.0203. The number of esters is 1. The normalized spacial score (nSPS) is 18.3. The van der Waals surface area contributed by atoms with Crippen LogP contribution in [0.25, 0.3) is 11.6 Å². The molecule has 1 aromatic carbocycles. The first kappa shape index (κ1) is 51.4. The van der Waals surface area contributed by atoms with Gasteiger partial charge >= 0.3 is 5.97 Å². The van der Waals surface area contributed by atoms with Crippen molar-refractivity contribution >= 4 is 77.9 Å². The predicted molar refractivity (Wildman–Crippen MR) is 249 cm³/mol.